The van der Waals surface area contributed by atoms with Crippen LogP contribution in [0.1, 0.15) is 25.3 Å². The topological polar surface area (TPSA) is 21.3 Å². The Kier molecular flexibility index (Phi) is 4.47. The summed E-state index contributed by atoms with van der Waals surface area (Å²) in [5.41, 5.74) is 1.32. The lowest BCUT2D eigenvalue weighted by Crippen LogP contribution is -2.48. The molecule has 2 nitrogen and oxygen atoms in total. The lowest BCUT2D eigenvalue weighted by Gasteiger charge is -2.34. The largest absolute Gasteiger partial charge is 0.380 e. The first-order valence-corrected chi connectivity index (χ1v) is 7.03. The first kappa shape index (κ1) is 13.3. The van der Waals surface area contributed by atoms with Gasteiger partial charge in [0.2, 0.25) is 0 Å². The summed E-state index contributed by atoms with van der Waals surface area (Å²) in [6.07, 6.45) is 2.30. The first-order chi connectivity index (χ1) is 8.09. The monoisotopic (exact) mass is 317 g/mol. The van der Waals surface area contributed by atoms with Gasteiger partial charge in [-0.25, -0.2) is 0 Å². The van der Waals surface area contributed by atoms with Gasteiger partial charge in [0.25, 0.3) is 0 Å². The van der Waals surface area contributed by atoms with Crippen molar-refractivity contribution >= 4 is 27.5 Å². The van der Waals surface area contributed by atoms with E-state index in [0.717, 1.165) is 42.1 Å². The molecule has 0 radical (unpaired) electrons. The van der Waals surface area contributed by atoms with E-state index in [1.54, 1.807) is 0 Å². The van der Waals surface area contributed by atoms with Crippen LogP contribution in [0.3, 0.4) is 0 Å². The number of ether oxygens (including phenoxy) is 1. The maximum atomic E-state index is 5.92. The maximum Gasteiger partial charge on any atom is 0.0645 e. The second-order valence-corrected chi connectivity index (χ2v) is 6.10. The van der Waals surface area contributed by atoms with Crippen LogP contribution in [0.5, 0.6) is 0 Å². The van der Waals surface area contributed by atoms with Crippen molar-refractivity contribution in [3.05, 3.63) is 33.3 Å². The van der Waals surface area contributed by atoms with Crippen LogP contribution in [0, 0.1) is 0 Å². The van der Waals surface area contributed by atoms with Crippen LogP contribution >= 0.6 is 27.5 Å². The summed E-state index contributed by atoms with van der Waals surface area (Å²) in [6, 6.07) is 5.90. The minimum atomic E-state index is 0.0946. The quantitative estimate of drug-likeness (QED) is 0.916. The van der Waals surface area contributed by atoms with Crippen molar-refractivity contribution in [1.82, 2.24) is 5.32 Å². The van der Waals surface area contributed by atoms with Crippen molar-refractivity contribution in [3.8, 4) is 0 Å². The van der Waals surface area contributed by atoms with Crippen LogP contribution in [-0.2, 0) is 11.3 Å². The van der Waals surface area contributed by atoms with Gasteiger partial charge in [-0.3, -0.25) is 0 Å². The van der Waals surface area contributed by atoms with Gasteiger partial charge < -0.3 is 10.1 Å². The molecular weight excluding hydrogens is 302 g/mol. The van der Waals surface area contributed by atoms with E-state index in [9.17, 15) is 0 Å². The predicted octanol–water partition coefficient (Wildman–Crippen LogP) is 3.76. The van der Waals surface area contributed by atoms with Crippen molar-refractivity contribution in [3.63, 3.8) is 0 Å². The highest BCUT2D eigenvalue weighted by Crippen LogP contribution is 2.23. The fourth-order valence-corrected chi connectivity index (χ4v) is 2.87. The predicted molar refractivity (Wildman–Crippen MR) is 74.4 cm³/mol. The minimum absolute atomic E-state index is 0.0946. The summed E-state index contributed by atoms with van der Waals surface area (Å²) in [7, 11) is 0. The third kappa shape index (κ3) is 3.68. The van der Waals surface area contributed by atoms with Crippen molar-refractivity contribution in [2.75, 3.05) is 13.2 Å². The molecule has 0 aliphatic carbocycles. The molecular formula is C13H17BrClNO. The molecule has 94 valence electrons. The normalized spacial score (nSPS) is 24.9. The van der Waals surface area contributed by atoms with E-state index in [0.29, 0.717) is 0 Å². The van der Waals surface area contributed by atoms with Crippen LogP contribution in [0.2, 0.25) is 5.02 Å². The molecule has 1 N–H and O–H groups in total. The Hall–Kier alpha value is -0.0900. The molecule has 0 bridgehead atoms. The van der Waals surface area contributed by atoms with Gasteiger partial charge in [-0.05, 0) is 37.5 Å². The number of nitrogens with one attached hydrogen (secondary N) is 1. The fraction of sp³-hybridized carbons (Fsp3) is 0.538. The van der Waals surface area contributed by atoms with Crippen molar-refractivity contribution in [1.29, 1.82) is 0 Å². The zero-order valence-corrected chi connectivity index (χ0v) is 12.3. The van der Waals surface area contributed by atoms with E-state index in [1.807, 2.05) is 18.2 Å². The molecule has 1 unspecified atom stereocenters. The second kappa shape index (κ2) is 5.70. The molecule has 2 rings (SSSR count). The summed E-state index contributed by atoms with van der Waals surface area (Å²) >= 11 is 9.46. The molecule has 1 aliphatic rings. The first-order valence-electron chi connectivity index (χ1n) is 5.86. The number of halogens is 2. The molecule has 0 amide bonds. The molecule has 1 heterocycles. The van der Waals surface area contributed by atoms with Gasteiger partial charge in [0, 0.05) is 28.2 Å². The Bertz CT molecular complexity index is 391. The molecule has 0 spiro atoms. The standard InChI is InChI=1S/C13H17BrClNO/c1-13(5-2-6-17-9-13)16-8-10-3-4-11(15)7-12(10)14/h3-4,7,16H,2,5-6,8-9H2,1H3. The van der Waals surface area contributed by atoms with E-state index in [1.165, 1.54) is 5.56 Å². The van der Waals surface area contributed by atoms with Crippen LogP contribution < -0.4 is 5.32 Å². The zero-order chi connectivity index (χ0) is 12.3. The van der Waals surface area contributed by atoms with Crippen molar-refractivity contribution < 1.29 is 4.74 Å². The summed E-state index contributed by atoms with van der Waals surface area (Å²) in [4.78, 5) is 0. The van der Waals surface area contributed by atoms with Gasteiger partial charge in [0.1, 0.15) is 0 Å². The van der Waals surface area contributed by atoms with Crippen LogP contribution in [-0.4, -0.2) is 18.8 Å². The van der Waals surface area contributed by atoms with E-state index >= 15 is 0 Å². The molecule has 1 aliphatic heterocycles. The Morgan fingerprint density at radius 2 is 2.35 bits per heavy atom. The maximum absolute atomic E-state index is 5.92. The molecule has 1 atom stereocenters. The van der Waals surface area contributed by atoms with Gasteiger partial charge in [0.15, 0.2) is 0 Å². The average molecular weight is 319 g/mol. The smallest absolute Gasteiger partial charge is 0.0645 e. The summed E-state index contributed by atoms with van der Waals surface area (Å²) in [6.45, 7) is 4.73. The van der Waals surface area contributed by atoms with E-state index < -0.39 is 0 Å². The molecule has 0 saturated carbocycles. The number of rotatable bonds is 3. The summed E-state index contributed by atoms with van der Waals surface area (Å²) in [5.74, 6) is 0. The fourth-order valence-electron chi connectivity index (χ4n) is 2.05. The van der Waals surface area contributed by atoms with Crippen molar-refractivity contribution in [2.24, 2.45) is 0 Å². The van der Waals surface area contributed by atoms with Crippen LogP contribution in [0.4, 0.5) is 0 Å². The molecule has 1 fully saturated rings. The Morgan fingerprint density at radius 1 is 1.53 bits per heavy atom. The van der Waals surface area contributed by atoms with Gasteiger partial charge >= 0.3 is 0 Å². The molecule has 17 heavy (non-hydrogen) atoms. The minimum Gasteiger partial charge on any atom is -0.380 e. The third-order valence-corrected chi connectivity index (χ3v) is 4.13. The molecule has 1 aromatic carbocycles. The van der Waals surface area contributed by atoms with Crippen LogP contribution in [0.25, 0.3) is 0 Å². The highest BCUT2D eigenvalue weighted by molar-refractivity contribution is 9.10. The lowest BCUT2D eigenvalue weighted by atomic mass is 9.94. The van der Waals surface area contributed by atoms with Crippen molar-refractivity contribution in [2.45, 2.75) is 31.8 Å². The molecule has 1 aromatic rings. The molecule has 1 saturated heterocycles. The van der Waals surface area contributed by atoms with E-state index in [4.69, 9.17) is 16.3 Å². The third-order valence-electron chi connectivity index (χ3n) is 3.16. The van der Waals surface area contributed by atoms with E-state index in [2.05, 4.69) is 28.2 Å². The lowest BCUT2D eigenvalue weighted by molar-refractivity contribution is 0.0277. The Labute approximate surface area is 116 Å². The highest BCUT2D eigenvalue weighted by atomic mass is 79.9. The Balaban J connectivity index is 1.97. The molecule has 0 aromatic heterocycles. The second-order valence-electron chi connectivity index (χ2n) is 4.81. The van der Waals surface area contributed by atoms with Gasteiger partial charge in [-0.15, -0.1) is 0 Å². The van der Waals surface area contributed by atoms with Gasteiger partial charge in [0.05, 0.1) is 6.61 Å². The SMILES string of the molecule is CC1(NCc2ccc(Cl)cc2Br)CCCOC1. The summed E-state index contributed by atoms with van der Waals surface area (Å²) in [5, 5.41) is 4.33. The summed E-state index contributed by atoms with van der Waals surface area (Å²) < 4.78 is 6.58. The Morgan fingerprint density at radius 3 is 3.00 bits per heavy atom. The van der Waals surface area contributed by atoms with Gasteiger partial charge in [-0.1, -0.05) is 33.6 Å². The molecule has 4 heteroatoms. The number of benzene rings is 1. The van der Waals surface area contributed by atoms with Gasteiger partial charge in [-0.2, -0.15) is 0 Å². The average Bonchev–Trinajstić information content (AvgIpc) is 2.29. The van der Waals surface area contributed by atoms with Crippen LogP contribution in [0.15, 0.2) is 22.7 Å². The highest BCUT2D eigenvalue weighted by Gasteiger charge is 2.26. The number of hydrogen-bond donors (Lipinski definition) is 1. The number of hydrogen-bond acceptors (Lipinski definition) is 2. The van der Waals surface area contributed by atoms with E-state index in [-0.39, 0.29) is 5.54 Å². The zero-order valence-electron chi connectivity index (χ0n) is 9.93.